The highest BCUT2D eigenvalue weighted by Gasteiger charge is 2.29. The van der Waals surface area contributed by atoms with Crippen LogP contribution in [0.25, 0.3) is 0 Å². The molecular formula is C4H3F3N2O2. The summed E-state index contributed by atoms with van der Waals surface area (Å²) >= 11 is 0. The molecule has 0 spiro atoms. The second kappa shape index (κ2) is 3.65. The number of nitrogens with zero attached hydrogens (tertiary/aromatic N) is 1. The van der Waals surface area contributed by atoms with Crippen molar-refractivity contribution in [2.24, 2.45) is 0 Å². The summed E-state index contributed by atoms with van der Waals surface area (Å²) in [6, 6.07) is 0. The molecule has 11 heavy (non-hydrogen) atoms. The number of nitriles is 1. The van der Waals surface area contributed by atoms with E-state index in [4.69, 9.17) is 5.26 Å². The second-order valence-corrected chi connectivity index (χ2v) is 1.43. The van der Waals surface area contributed by atoms with Crippen LogP contribution in [0.2, 0.25) is 0 Å². The van der Waals surface area contributed by atoms with E-state index in [0.717, 1.165) is 6.19 Å². The van der Waals surface area contributed by atoms with E-state index in [1.807, 2.05) is 0 Å². The van der Waals surface area contributed by atoms with Crippen molar-refractivity contribution >= 4 is 6.09 Å². The third kappa shape index (κ3) is 6.44. The number of hydrogen-bond donors (Lipinski definition) is 1. The fourth-order valence-corrected chi connectivity index (χ4v) is 0.229. The fourth-order valence-electron chi connectivity index (χ4n) is 0.229. The van der Waals surface area contributed by atoms with E-state index in [-0.39, 0.29) is 0 Å². The first-order valence-corrected chi connectivity index (χ1v) is 2.34. The number of ether oxygens (including phenoxy) is 1. The van der Waals surface area contributed by atoms with Crippen molar-refractivity contribution in [1.82, 2.24) is 5.32 Å². The summed E-state index contributed by atoms with van der Waals surface area (Å²) in [6.07, 6.45) is -4.86. The number of nitrogens with one attached hydrogen (secondary N) is 1. The molecule has 0 atom stereocenters. The maximum atomic E-state index is 11.3. The normalized spacial score (nSPS) is 10.0. The van der Waals surface area contributed by atoms with E-state index in [9.17, 15) is 18.0 Å². The zero-order chi connectivity index (χ0) is 8.91. The van der Waals surface area contributed by atoms with E-state index < -0.39 is 18.9 Å². The Morgan fingerprint density at radius 1 is 1.64 bits per heavy atom. The molecule has 0 saturated heterocycles. The molecule has 0 aliphatic heterocycles. The molecule has 0 saturated carbocycles. The first-order valence-electron chi connectivity index (χ1n) is 2.34. The number of amides is 1. The van der Waals surface area contributed by atoms with Crippen LogP contribution >= 0.6 is 0 Å². The molecule has 4 nitrogen and oxygen atoms in total. The van der Waals surface area contributed by atoms with E-state index in [1.54, 1.807) is 0 Å². The predicted octanol–water partition coefficient (Wildman–Crippen LogP) is 0.756. The first-order chi connectivity index (χ1) is 4.95. The molecule has 1 N–H and O–H groups in total. The van der Waals surface area contributed by atoms with Crippen LogP contribution in [-0.2, 0) is 4.74 Å². The number of carbonyl (C=O) groups is 1. The van der Waals surface area contributed by atoms with Crippen molar-refractivity contribution in [2.45, 2.75) is 6.18 Å². The van der Waals surface area contributed by atoms with Crippen LogP contribution in [0.3, 0.4) is 0 Å². The summed E-state index contributed by atoms with van der Waals surface area (Å²) in [5.74, 6) is 0. The number of alkyl halides is 3. The first kappa shape index (κ1) is 9.55. The van der Waals surface area contributed by atoms with E-state index in [1.165, 1.54) is 5.32 Å². The van der Waals surface area contributed by atoms with Gasteiger partial charge in [-0.2, -0.15) is 18.4 Å². The molecule has 0 aliphatic rings. The Bertz CT molecular complexity index is 183. The van der Waals surface area contributed by atoms with Crippen molar-refractivity contribution in [3.05, 3.63) is 0 Å². The van der Waals surface area contributed by atoms with Crippen molar-refractivity contribution in [3.8, 4) is 6.19 Å². The third-order valence-electron chi connectivity index (χ3n) is 0.525. The highest BCUT2D eigenvalue weighted by molar-refractivity contribution is 5.68. The Balaban J connectivity index is 3.57. The van der Waals surface area contributed by atoms with Crippen LogP contribution in [0.1, 0.15) is 0 Å². The Hall–Kier alpha value is -1.45. The lowest BCUT2D eigenvalue weighted by atomic mass is 10.7. The van der Waals surface area contributed by atoms with Crippen LogP contribution in [0.4, 0.5) is 18.0 Å². The molecule has 1 amide bonds. The van der Waals surface area contributed by atoms with Gasteiger partial charge in [-0.3, -0.25) is 0 Å². The molecule has 0 aromatic heterocycles. The van der Waals surface area contributed by atoms with Gasteiger partial charge in [0, 0.05) is 0 Å². The zero-order valence-electron chi connectivity index (χ0n) is 5.10. The Kier molecular flexibility index (Phi) is 3.17. The quantitative estimate of drug-likeness (QED) is 0.464. The van der Waals surface area contributed by atoms with Gasteiger partial charge in [-0.25, -0.2) is 10.1 Å². The summed E-state index contributed by atoms with van der Waals surface area (Å²) in [4.78, 5) is 10.0. The zero-order valence-corrected chi connectivity index (χ0v) is 5.10. The number of hydrogen-bond acceptors (Lipinski definition) is 3. The molecule has 0 unspecified atom stereocenters. The Morgan fingerprint density at radius 3 is 2.55 bits per heavy atom. The second-order valence-electron chi connectivity index (χ2n) is 1.43. The molecule has 7 heteroatoms. The average molecular weight is 168 g/mol. The Morgan fingerprint density at radius 2 is 2.18 bits per heavy atom. The third-order valence-corrected chi connectivity index (χ3v) is 0.525. The van der Waals surface area contributed by atoms with Gasteiger partial charge in [0.05, 0.1) is 0 Å². The van der Waals surface area contributed by atoms with Gasteiger partial charge in [0.1, 0.15) is 0 Å². The standard InChI is InChI=1S/C4H3F3N2O2/c5-4(6,7)1-11-3(10)9-2-8/h1H2,(H,9,10). The summed E-state index contributed by atoms with van der Waals surface area (Å²) in [6.45, 7) is -1.69. The molecule has 0 rings (SSSR count). The van der Waals surface area contributed by atoms with Crippen LogP contribution in [-0.4, -0.2) is 18.9 Å². The number of carbonyl (C=O) groups excluding carboxylic acids is 1. The fraction of sp³-hybridized carbons (Fsp3) is 0.500. The average Bonchev–Trinajstić information content (AvgIpc) is 1.83. The summed E-state index contributed by atoms with van der Waals surface area (Å²) in [7, 11) is 0. The van der Waals surface area contributed by atoms with Crippen LogP contribution in [0, 0.1) is 11.5 Å². The van der Waals surface area contributed by atoms with Gasteiger partial charge in [0.25, 0.3) is 0 Å². The van der Waals surface area contributed by atoms with Crippen molar-refractivity contribution in [1.29, 1.82) is 5.26 Å². The molecule has 0 bridgehead atoms. The maximum Gasteiger partial charge on any atom is 0.422 e. The molecule has 0 heterocycles. The molecule has 0 aliphatic carbocycles. The molecule has 62 valence electrons. The van der Waals surface area contributed by atoms with Gasteiger partial charge >= 0.3 is 12.3 Å². The van der Waals surface area contributed by atoms with Crippen LogP contribution < -0.4 is 5.32 Å². The van der Waals surface area contributed by atoms with Crippen molar-refractivity contribution in [2.75, 3.05) is 6.61 Å². The van der Waals surface area contributed by atoms with Gasteiger partial charge < -0.3 is 4.74 Å². The maximum absolute atomic E-state index is 11.3. The minimum absolute atomic E-state index is 1.11. The largest absolute Gasteiger partial charge is 0.439 e. The topological polar surface area (TPSA) is 62.1 Å². The Labute approximate surface area is 59.5 Å². The lowest BCUT2D eigenvalue weighted by Gasteiger charge is -2.05. The van der Waals surface area contributed by atoms with Gasteiger partial charge in [-0.05, 0) is 0 Å². The van der Waals surface area contributed by atoms with E-state index in [2.05, 4.69) is 4.74 Å². The molecule has 0 aromatic carbocycles. The van der Waals surface area contributed by atoms with Crippen molar-refractivity contribution in [3.63, 3.8) is 0 Å². The number of halogens is 3. The molecule has 0 aromatic rings. The van der Waals surface area contributed by atoms with Crippen molar-refractivity contribution < 1.29 is 22.7 Å². The van der Waals surface area contributed by atoms with Gasteiger partial charge in [0.2, 0.25) is 0 Å². The highest BCUT2D eigenvalue weighted by Crippen LogP contribution is 2.14. The van der Waals surface area contributed by atoms with Gasteiger partial charge in [0.15, 0.2) is 12.8 Å². The SMILES string of the molecule is N#CNC(=O)OCC(F)(F)F. The van der Waals surface area contributed by atoms with Gasteiger partial charge in [-0.15, -0.1) is 0 Å². The molecule has 0 radical (unpaired) electrons. The lowest BCUT2D eigenvalue weighted by Crippen LogP contribution is -2.25. The number of rotatable bonds is 1. The lowest BCUT2D eigenvalue weighted by molar-refractivity contribution is -0.160. The minimum Gasteiger partial charge on any atom is -0.439 e. The van der Waals surface area contributed by atoms with Gasteiger partial charge in [-0.1, -0.05) is 0 Å². The smallest absolute Gasteiger partial charge is 0.422 e. The molecule has 0 fully saturated rings. The highest BCUT2D eigenvalue weighted by atomic mass is 19.4. The van der Waals surface area contributed by atoms with E-state index in [0.29, 0.717) is 0 Å². The number of alkyl carbamates (subject to hydrolysis) is 1. The summed E-state index contributed by atoms with van der Waals surface area (Å²) in [5.41, 5.74) is 0. The predicted molar refractivity (Wildman–Crippen MR) is 26.2 cm³/mol. The summed E-state index contributed by atoms with van der Waals surface area (Å²) in [5, 5.41) is 9.09. The summed E-state index contributed by atoms with van der Waals surface area (Å²) < 4.78 is 37.4. The van der Waals surface area contributed by atoms with E-state index >= 15 is 0 Å². The van der Waals surface area contributed by atoms with Crippen LogP contribution in [0.5, 0.6) is 0 Å². The molecular weight excluding hydrogens is 165 g/mol. The monoisotopic (exact) mass is 168 g/mol. The van der Waals surface area contributed by atoms with Crippen LogP contribution in [0.15, 0.2) is 0 Å². The minimum atomic E-state index is -4.56.